The van der Waals surface area contributed by atoms with E-state index in [1.165, 1.54) is 10.6 Å². The van der Waals surface area contributed by atoms with E-state index < -0.39 is 10.0 Å². The molecule has 2 aliphatic rings. The second kappa shape index (κ2) is 1.72. The Hall–Kier alpha value is -0.130. The Balaban J connectivity index is 2.10. The minimum atomic E-state index is -2.95. The Morgan fingerprint density at radius 1 is 1.40 bits per heavy atom. The summed E-state index contributed by atoms with van der Waals surface area (Å²) in [7, 11) is -2.95. The van der Waals surface area contributed by atoms with Gasteiger partial charge in [0.15, 0.2) is 0 Å². The van der Waals surface area contributed by atoms with E-state index in [1.54, 1.807) is 0 Å². The number of hydrogen-bond donors (Lipinski definition) is 0. The molecular weight excluding hydrogens is 154 g/mol. The molecule has 0 aromatic carbocycles. The van der Waals surface area contributed by atoms with Gasteiger partial charge in [0.1, 0.15) is 0 Å². The van der Waals surface area contributed by atoms with Gasteiger partial charge in [-0.3, -0.25) is 0 Å². The molecule has 0 aliphatic carbocycles. The summed E-state index contributed by atoms with van der Waals surface area (Å²) in [5.41, 5.74) is 0. The quantitative estimate of drug-likeness (QED) is 0.467. The molecule has 2 saturated heterocycles. The Bertz CT molecular complexity index is 238. The highest BCUT2D eigenvalue weighted by atomic mass is 32.2. The molecule has 2 aliphatic heterocycles. The minimum absolute atomic E-state index is 0.203. The average Bonchev–Trinajstić information content (AvgIpc) is 2.38. The molecule has 5 heteroatoms. The maximum atomic E-state index is 10.9. The van der Waals surface area contributed by atoms with Crippen LogP contribution in [-0.2, 0) is 14.8 Å². The first-order chi connectivity index (χ1) is 4.57. The third-order valence-corrected chi connectivity index (χ3v) is 3.16. The molecule has 0 bridgehead atoms. The standard InChI is InChI=1S/C5H9NO3S/c1-10(7,8)6-2-4-5(3-6)9-4/h4-5H,2-3H2,1H3/t4-,5-/m0/s1. The van der Waals surface area contributed by atoms with Crippen molar-refractivity contribution in [1.29, 1.82) is 0 Å². The number of epoxide rings is 1. The maximum absolute atomic E-state index is 10.9. The highest BCUT2D eigenvalue weighted by Crippen LogP contribution is 2.31. The number of nitrogens with zero attached hydrogens (tertiary/aromatic N) is 1. The summed E-state index contributed by atoms with van der Waals surface area (Å²) in [4.78, 5) is 0. The van der Waals surface area contributed by atoms with Crippen molar-refractivity contribution >= 4 is 10.0 Å². The van der Waals surface area contributed by atoms with Crippen LogP contribution >= 0.6 is 0 Å². The van der Waals surface area contributed by atoms with Crippen molar-refractivity contribution in [2.75, 3.05) is 19.3 Å². The van der Waals surface area contributed by atoms with Gasteiger partial charge in [-0.1, -0.05) is 0 Å². The Labute approximate surface area is 59.8 Å². The van der Waals surface area contributed by atoms with Crippen molar-refractivity contribution in [3.8, 4) is 0 Å². The van der Waals surface area contributed by atoms with Gasteiger partial charge in [0.2, 0.25) is 10.0 Å². The van der Waals surface area contributed by atoms with Gasteiger partial charge in [-0.2, -0.15) is 4.31 Å². The van der Waals surface area contributed by atoms with Crippen LogP contribution in [0.1, 0.15) is 0 Å². The second-order valence-corrected chi connectivity index (χ2v) is 4.78. The molecule has 2 atom stereocenters. The zero-order chi connectivity index (χ0) is 7.35. The maximum Gasteiger partial charge on any atom is 0.211 e. The topological polar surface area (TPSA) is 49.9 Å². The fourth-order valence-electron chi connectivity index (χ4n) is 1.25. The van der Waals surface area contributed by atoms with E-state index in [4.69, 9.17) is 4.74 Å². The van der Waals surface area contributed by atoms with E-state index in [-0.39, 0.29) is 12.2 Å². The molecule has 2 fully saturated rings. The van der Waals surface area contributed by atoms with Crippen LogP contribution in [0.2, 0.25) is 0 Å². The minimum Gasteiger partial charge on any atom is -0.367 e. The lowest BCUT2D eigenvalue weighted by molar-refractivity contribution is 0.273. The van der Waals surface area contributed by atoms with Crippen molar-refractivity contribution in [2.24, 2.45) is 0 Å². The van der Waals surface area contributed by atoms with Gasteiger partial charge in [0.05, 0.1) is 18.5 Å². The Morgan fingerprint density at radius 3 is 2.20 bits per heavy atom. The van der Waals surface area contributed by atoms with Gasteiger partial charge in [0, 0.05) is 13.1 Å². The van der Waals surface area contributed by atoms with E-state index in [9.17, 15) is 8.42 Å². The molecular formula is C5H9NO3S. The first kappa shape index (κ1) is 6.57. The summed E-state index contributed by atoms with van der Waals surface area (Å²) in [5, 5.41) is 0. The van der Waals surface area contributed by atoms with Crippen molar-refractivity contribution < 1.29 is 13.2 Å². The van der Waals surface area contributed by atoms with Gasteiger partial charge in [-0.25, -0.2) is 8.42 Å². The lowest BCUT2D eigenvalue weighted by atomic mass is 10.4. The summed E-state index contributed by atoms with van der Waals surface area (Å²) in [6.45, 7) is 1.12. The summed E-state index contributed by atoms with van der Waals surface area (Å²) in [6.07, 6.45) is 1.64. The van der Waals surface area contributed by atoms with Gasteiger partial charge in [-0.15, -0.1) is 0 Å². The summed E-state index contributed by atoms with van der Waals surface area (Å²) in [6, 6.07) is 0. The molecule has 0 aromatic rings. The zero-order valence-electron chi connectivity index (χ0n) is 5.65. The van der Waals surface area contributed by atoms with Crippen LogP contribution in [0.5, 0.6) is 0 Å². The van der Waals surface area contributed by atoms with Gasteiger partial charge >= 0.3 is 0 Å². The molecule has 0 amide bonds. The molecule has 2 heterocycles. The normalized spacial score (nSPS) is 39.7. The smallest absolute Gasteiger partial charge is 0.211 e. The summed E-state index contributed by atoms with van der Waals surface area (Å²) >= 11 is 0. The highest BCUT2D eigenvalue weighted by Gasteiger charge is 2.49. The van der Waals surface area contributed by atoms with Crippen LogP contribution in [0.4, 0.5) is 0 Å². The van der Waals surface area contributed by atoms with Crippen LogP contribution < -0.4 is 0 Å². The largest absolute Gasteiger partial charge is 0.367 e. The first-order valence-electron chi connectivity index (χ1n) is 3.18. The highest BCUT2D eigenvalue weighted by molar-refractivity contribution is 7.88. The van der Waals surface area contributed by atoms with Gasteiger partial charge in [0.25, 0.3) is 0 Å². The third-order valence-electron chi connectivity index (χ3n) is 1.92. The summed E-state index contributed by atoms with van der Waals surface area (Å²) < 4.78 is 28.3. The zero-order valence-corrected chi connectivity index (χ0v) is 6.47. The summed E-state index contributed by atoms with van der Waals surface area (Å²) in [5.74, 6) is 0. The number of rotatable bonds is 1. The van der Waals surface area contributed by atoms with Crippen molar-refractivity contribution in [2.45, 2.75) is 12.2 Å². The molecule has 10 heavy (non-hydrogen) atoms. The van der Waals surface area contributed by atoms with Crippen LogP contribution in [0.3, 0.4) is 0 Å². The molecule has 0 saturated carbocycles. The number of hydrogen-bond acceptors (Lipinski definition) is 3. The second-order valence-electron chi connectivity index (χ2n) is 2.79. The number of ether oxygens (including phenoxy) is 1. The first-order valence-corrected chi connectivity index (χ1v) is 5.03. The van der Waals surface area contributed by atoms with Crippen molar-refractivity contribution in [3.05, 3.63) is 0 Å². The van der Waals surface area contributed by atoms with E-state index in [1.807, 2.05) is 0 Å². The molecule has 2 rings (SSSR count). The van der Waals surface area contributed by atoms with Gasteiger partial charge in [-0.05, 0) is 0 Å². The fraction of sp³-hybridized carbons (Fsp3) is 1.00. The molecule has 4 nitrogen and oxygen atoms in total. The molecule has 0 unspecified atom stereocenters. The van der Waals surface area contributed by atoms with Crippen molar-refractivity contribution in [1.82, 2.24) is 4.31 Å². The van der Waals surface area contributed by atoms with Crippen LogP contribution in [0.15, 0.2) is 0 Å². The number of morpholine rings is 1. The van der Waals surface area contributed by atoms with E-state index in [0.717, 1.165) is 0 Å². The van der Waals surface area contributed by atoms with E-state index in [0.29, 0.717) is 13.1 Å². The fourth-order valence-corrected chi connectivity index (χ4v) is 2.08. The number of fused-ring (bicyclic) bond motifs is 1. The SMILES string of the molecule is CS(=O)(=O)N1C[C@@H]2O[C@H]2C1. The van der Waals surface area contributed by atoms with Crippen LogP contribution in [0.25, 0.3) is 0 Å². The van der Waals surface area contributed by atoms with E-state index >= 15 is 0 Å². The lowest BCUT2D eigenvalue weighted by Crippen LogP contribution is -2.30. The monoisotopic (exact) mass is 163 g/mol. The Morgan fingerprint density at radius 2 is 1.90 bits per heavy atom. The van der Waals surface area contributed by atoms with Gasteiger partial charge < -0.3 is 4.74 Å². The molecule has 0 aromatic heterocycles. The average molecular weight is 163 g/mol. The molecule has 0 N–H and O–H groups in total. The van der Waals surface area contributed by atoms with Crippen LogP contribution in [0, 0.1) is 0 Å². The predicted molar refractivity (Wildman–Crippen MR) is 35.1 cm³/mol. The molecule has 0 spiro atoms. The molecule has 0 radical (unpaired) electrons. The van der Waals surface area contributed by atoms with E-state index in [2.05, 4.69) is 0 Å². The lowest BCUT2D eigenvalue weighted by Gasteiger charge is -2.12. The van der Waals surface area contributed by atoms with Crippen LogP contribution in [-0.4, -0.2) is 44.3 Å². The third kappa shape index (κ3) is 0.941. The Kier molecular flexibility index (Phi) is 1.13. The van der Waals surface area contributed by atoms with Crippen molar-refractivity contribution in [3.63, 3.8) is 0 Å². The molecule has 58 valence electrons. The number of sulfonamides is 1. The predicted octanol–water partition coefficient (Wildman–Crippen LogP) is -0.971.